The highest BCUT2D eigenvalue weighted by atomic mass is 35.5. The Balaban J connectivity index is 0.00000192. The zero-order valence-electron chi connectivity index (χ0n) is 13.3. The number of rotatable bonds is 5. The van der Waals surface area contributed by atoms with Crippen molar-refractivity contribution in [2.45, 2.75) is 6.42 Å². The second-order valence-electron chi connectivity index (χ2n) is 5.73. The topological polar surface area (TPSA) is 44.4 Å². The van der Waals surface area contributed by atoms with Crippen LogP contribution in [0.25, 0.3) is 10.8 Å². The lowest BCUT2D eigenvalue weighted by atomic mass is 10.0. The maximum Gasteiger partial charge on any atom is 0.251 e. The molecule has 0 spiro atoms. The maximum absolute atomic E-state index is 12.4. The molecule has 1 aliphatic rings. The fourth-order valence-corrected chi connectivity index (χ4v) is 2.96. The van der Waals surface area contributed by atoms with E-state index in [1.807, 2.05) is 42.5 Å². The summed E-state index contributed by atoms with van der Waals surface area (Å²) >= 11 is 0. The number of benzene rings is 2. The zero-order chi connectivity index (χ0) is 15.2. The molecule has 1 aliphatic heterocycles. The van der Waals surface area contributed by atoms with Gasteiger partial charge >= 0.3 is 0 Å². The Morgan fingerprint density at radius 1 is 1.09 bits per heavy atom. The summed E-state index contributed by atoms with van der Waals surface area (Å²) in [6.45, 7) is 6.14. The van der Waals surface area contributed by atoms with E-state index in [-0.39, 0.29) is 18.3 Å². The highest BCUT2D eigenvalue weighted by Gasteiger charge is 2.10. The van der Waals surface area contributed by atoms with E-state index < -0.39 is 0 Å². The van der Waals surface area contributed by atoms with Crippen LogP contribution in [0.15, 0.2) is 42.5 Å². The molecule has 2 aromatic carbocycles. The largest absolute Gasteiger partial charge is 0.352 e. The Morgan fingerprint density at radius 2 is 1.83 bits per heavy atom. The highest BCUT2D eigenvalue weighted by Crippen LogP contribution is 2.18. The molecule has 124 valence electrons. The van der Waals surface area contributed by atoms with E-state index in [2.05, 4.69) is 15.5 Å². The van der Waals surface area contributed by atoms with Gasteiger partial charge in [-0.3, -0.25) is 4.79 Å². The Labute approximate surface area is 143 Å². The summed E-state index contributed by atoms with van der Waals surface area (Å²) in [6, 6.07) is 13.9. The predicted molar refractivity (Wildman–Crippen MR) is 97.5 cm³/mol. The van der Waals surface area contributed by atoms with E-state index in [1.165, 1.54) is 0 Å². The van der Waals surface area contributed by atoms with Crippen LogP contribution >= 0.6 is 12.4 Å². The Hall–Kier alpha value is -1.62. The SMILES string of the molecule is Cl.O=C(NCCCN1CCNCC1)c1cccc2ccccc12. The molecule has 0 atom stereocenters. The first-order valence-electron chi connectivity index (χ1n) is 8.03. The molecule has 5 heteroatoms. The Kier molecular flexibility index (Phi) is 6.84. The molecular weight excluding hydrogens is 310 g/mol. The third kappa shape index (κ3) is 4.67. The number of hydrogen-bond donors (Lipinski definition) is 2. The molecule has 2 N–H and O–H groups in total. The average molecular weight is 334 g/mol. The van der Waals surface area contributed by atoms with Gasteiger partial charge in [0.2, 0.25) is 0 Å². The molecule has 0 bridgehead atoms. The van der Waals surface area contributed by atoms with Crippen molar-refractivity contribution in [3.05, 3.63) is 48.0 Å². The van der Waals surface area contributed by atoms with Gasteiger partial charge in [0.05, 0.1) is 0 Å². The van der Waals surface area contributed by atoms with Crippen molar-refractivity contribution in [3.63, 3.8) is 0 Å². The van der Waals surface area contributed by atoms with E-state index in [4.69, 9.17) is 0 Å². The van der Waals surface area contributed by atoms with Crippen LogP contribution in [0.2, 0.25) is 0 Å². The first-order valence-corrected chi connectivity index (χ1v) is 8.03. The van der Waals surface area contributed by atoms with Crippen LogP contribution in [0.1, 0.15) is 16.8 Å². The third-order valence-corrected chi connectivity index (χ3v) is 4.18. The lowest BCUT2D eigenvalue weighted by Gasteiger charge is -2.27. The van der Waals surface area contributed by atoms with E-state index in [9.17, 15) is 4.79 Å². The number of hydrogen-bond acceptors (Lipinski definition) is 3. The lowest BCUT2D eigenvalue weighted by Crippen LogP contribution is -2.44. The Morgan fingerprint density at radius 3 is 2.65 bits per heavy atom. The van der Waals surface area contributed by atoms with Crippen LogP contribution < -0.4 is 10.6 Å². The molecule has 1 heterocycles. The summed E-state index contributed by atoms with van der Waals surface area (Å²) < 4.78 is 0. The molecule has 1 saturated heterocycles. The van der Waals surface area contributed by atoms with Crippen LogP contribution in [0.5, 0.6) is 0 Å². The average Bonchev–Trinajstić information content (AvgIpc) is 2.59. The lowest BCUT2D eigenvalue weighted by molar-refractivity contribution is 0.0953. The summed E-state index contributed by atoms with van der Waals surface area (Å²) in [5.41, 5.74) is 0.764. The van der Waals surface area contributed by atoms with Crippen LogP contribution in [0.4, 0.5) is 0 Å². The maximum atomic E-state index is 12.4. The molecule has 2 aromatic rings. The van der Waals surface area contributed by atoms with Crippen molar-refractivity contribution in [1.29, 1.82) is 0 Å². The predicted octanol–water partition coefficient (Wildman–Crippen LogP) is 2.29. The fourth-order valence-electron chi connectivity index (χ4n) is 2.96. The highest BCUT2D eigenvalue weighted by molar-refractivity contribution is 6.06. The number of fused-ring (bicyclic) bond motifs is 1. The first kappa shape index (κ1) is 17.7. The van der Waals surface area contributed by atoms with Crippen molar-refractivity contribution in [2.75, 3.05) is 39.3 Å². The molecule has 0 saturated carbocycles. The van der Waals surface area contributed by atoms with Crippen molar-refractivity contribution in [1.82, 2.24) is 15.5 Å². The summed E-state index contributed by atoms with van der Waals surface area (Å²) in [5, 5.41) is 8.53. The second-order valence-corrected chi connectivity index (χ2v) is 5.73. The molecule has 1 fully saturated rings. The molecule has 0 unspecified atom stereocenters. The minimum Gasteiger partial charge on any atom is -0.352 e. The zero-order valence-corrected chi connectivity index (χ0v) is 14.1. The number of nitrogens with zero attached hydrogens (tertiary/aromatic N) is 1. The quantitative estimate of drug-likeness (QED) is 0.825. The van der Waals surface area contributed by atoms with Crippen LogP contribution in [0, 0.1) is 0 Å². The van der Waals surface area contributed by atoms with Gasteiger partial charge < -0.3 is 15.5 Å². The third-order valence-electron chi connectivity index (χ3n) is 4.18. The number of carbonyl (C=O) groups excluding carboxylic acids is 1. The summed E-state index contributed by atoms with van der Waals surface area (Å²) in [4.78, 5) is 14.8. The van der Waals surface area contributed by atoms with Gasteiger partial charge in [-0.15, -0.1) is 12.4 Å². The minimum atomic E-state index is 0. The van der Waals surface area contributed by atoms with Gasteiger partial charge in [-0.1, -0.05) is 36.4 Å². The summed E-state index contributed by atoms with van der Waals surface area (Å²) in [5.74, 6) is 0.0251. The van der Waals surface area contributed by atoms with E-state index >= 15 is 0 Å². The number of amides is 1. The molecule has 0 aromatic heterocycles. The Bertz CT molecular complexity index is 636. The number of nitrogens with one attached hydrogen (secondary N) is 2. The minimum absolute atomic E-state index is 0. The molecule has 0 aliphatic carbocycles. The van der Waals surface area contributed by atoms with Crippen LogP contribution in [-0.2, 0) is 0 Å². The van der Waals surface area contributed by atoms with Crippen molar-refractivity contribution < 1.29 is 4.79 Å². The molecule has 1 amide bonds. The van der Waals surface area contributed by atoms with Gasteiger partial charge in [0.25, 0.3) is 5.91 Å². The first-order chi connectivity index (χ1) is 10.8. The van der Waals surface area contributed by atoms with Gasteiger partial charge in [0.1, 0.15) is 0 Å². The van der Waals surface area contributed by atoms with Crippen molar-refractivity contribution in [3.8, 4) is 0 Å². The van der Waals surface area contributed by atoms with Crippen LogP contribution in [-0.4, -0.2) is 50.1 Å². The normalized spacial score (nSPS) is 15.1. The molecule has 3 rings (SSSR count). The standard InChI is InChI=1S/C18H23N3O.ClH/c22-18(20-9-4-12-21-13-10-19-11-14-21)17-8-3-6-15-5-1-2-7-16(15)17;/h1-3,5-8,19H,4,9-14H2,(H,20,22);1H. The van der Waals surface area contributed by atoms with E-state index in [1.54, 1.807) is 0 Å². The van der Waals surface area contributed by atoms with Crippen LogP contribution in [0.3, 0.4) is 0 Å². The number of halogens is 1. The van der Waals surface area contributed by atoms with E-state index in [0.29, 0.717) is 0 Å². The van der Waals surface area contributed by atoms with Gasteiger partial charge in [-0.2, -0.15) is 0 Å². The van der Waals surface area contributed by atoms with Gasteiger partial charge in [0.15, 0.2) is 0 Å². The molecule has 4 nitrogen and oxygen atoms in total. The van der Waals surface area contributed by atoms with E-state index in [0.717, 1.165) is 62.0 Å². The van der Waals surface area contributed by atoms with Gasteiger partial charge in [-0.25, -0.2) is 0 Å². The van der Waals surface area contributed by atoms with Crippen molar-refractivity contribution >= 4 is 29.1 Å². The molecular formula is C18H24ClN3O. The number of piperazine rings is 1. The van der Waals surface area contributed by atoms with Crippen molar-refractivity contribution in [2.24, 2.45) is 0 Å². The fraction of sp³-hybridized carbons (Fsp3) is 0.389. The molecule has 23 heavy (non-hydrogen) atoms. The number of carbonyl (C=O) groups is 1. The monoisotopic (exact) mass is 333 g/mol. The smallest absolute Gasteiger partial charge is 0.251 e. The summed E-state index contributed by atoms with van der Waals surface area (Å²) in [6.07, 6.45) is 0.997. The summed E-state index contributed by atoms with van der Waals surface area (Å²) in [7, 11) is 0. The molecule has 0 radical (unpaired) electrons. The second kappa shape index (κ2) is 8.87. The van der Waals surface area contributed by atoms with Gasteiger partial charge in [0, 0.05) is 38.3 Å². The van der Waals surface area contributed by atoms with Gasteiger partial charge in [-0.05, 0) is 29.8 Å².